The number of nitrogens with one attached hydrogen (secondary N) is 1. The van der Waals surface area contributed by atoms with Crippen molar-refractivity contribution in [2.75, 3.05) is 0 Å². The molecule has 0 spiro atoms. The second-order valence-corrected chi connectivity index (χ2v) is 7.35. The predicted octanol–water partition coefficient (Wildman–Crippen LogP) is 4.12. The lowest BCUT2D eigenvalue weighted by Gasteiger charge is -2.20. The van der Waals surface area contributed by atoms with Crippen LogP contribution in [0.25, 0.3) is 0 Å². The van der Waals surface area contributed by atoms with E-state index in [2.05, 4.69) is 5.09 Å². The standard InChI is InChI=1S/C14H21ClNO4P/c1-4-12(5-2)19-14(17)11(3)16-21(15,18)20-13-9-7-6-8-10-13/h6-12H,4-5H2,1-3H3,(H,16,18)/t11-,21?/m0/s1. The van der Waals surface area contributed by atoms with Crippen LogP contribution < -0.4 is 9.61 Å². The summed E-state index contributed by atoms with van der Waals surface area (Å²) in [6, 6.07) is 7.70. The molecule has 0 fully saturated rings. The third-order valence-electron chi connectivity index (χ3n) is 2.86. The van der Waals surface area contributed by atoms with Crippen LogP contribution >= 0.6 is 18.1 Å². The highest BCUT2D eigenvalue weighted by molar-refractivity contribution is 7.84. The Hall–Kier alpha value is -1.03. The summed E-state index contributed by atoms with van der Waals surface area (Å²) in [4.78, 5) is 11.9. The first-order chi connectivity index (χ1) is 9.88. The molecule has 1 aromatic carbocycles. The molecule has 0 radical (unpaired) electrons. The Kier molecular flexibility index (Phi) is 7.23. The molecule has 118 valence electrons. The monoisotopic (exact) mass is 333 g/mol. The number of rotatable bonds is 8. The number of carbonyl (C=O) groups is 1. The fraction of sp³-hybridized carbons (Fsp3) is 0.500. The summed E-state index contributed by atoms with van der Waals surface area (Å²) >= 11 is 5.83. The van der Waals surface area contributed by atoms with E-state index in [0.29, 0.717) is 5.75 Å². The van der Waals surface area contributed by atoms with Crippen molar-refractivity contribution in [2.45, 2.75) is 45.8 Å². The lowest BCUT2D eigenvalue weighted by Crippen LogP contribution is -2.35. The molecular weight excluding hydrogens is 313 g/mol. The lowest BCUT2D eigenvalue weighted by atomic mass is 10.2. The Morgan fingerprint density at radius 1 is 1.29 bits per heavy atom. The molecule has 1 unspecified atom stereocenters. The maximum atomic E-state index is 12.1. The van der Waals surface area contributed by atoms with Gasteiger partial charge in [-0.3, -0.25) is 4.79 Å². The van der Waals surface area contributed by atoms with Gasteiger partial charge in [-0.15, -0.1) is 0 Å². The normalized spacial score (nSPS) is 15.3. The van der Waals surface area contributed by atoms with Crippen molar-refractivity contribution >= 4 is 24.1 Å². The van der Waals surface area contributed by atoms with Crippen molar-refractivity contribution in [3.8, 4) is 5.75 Å². The van der Waals surface area contributed by atoms with Gasteiger partial charge in [0.05, 0.1) is 0 Å². The predicted molar refractivity (Wildman–Crippen MR) is 83.6 cm³/mol. The molecule has 0 heterocycles. The number of carbonyl (C=O) groups excluding carboxylic acids is 1. The summed E-state index contributed by atoms with van der Waals surface area (Å²) in [6.07, 6.45) is 1.31. The van der Waals surface area contributed by atoms with Gasteiger partial charge in [0.1, 0.15) is 17.9 Å². The smallest absolute Gasteiger partial charge is 0.409 e. The topological polar surface area (TPSA) is 64.6 Å². The molecule has 1 N–H and O–H groups in total. The van der Waals surface area contributed by atoms with E-state index in [0.717, 1.165) is 12.8 Å². The molecule has 5 nitrogen and oxygen atoms in total. The van der Waals surface area contributed by atoms with Gasteiger partial charge in [0.15, 0.2) is 0 Å². The van der Waals surface area contributed by atoms with Crippen LogP contribution in [0.2, 0.25) is 0 Å². The molecule has 1 aromatic rings. The maximum Gasteiger partial charge on any atom is 0.409 e. The molecule has 0 aliphatic rings. The molecule has 7 heteroatoms. The van der Waals surface area contributed by atoms with Crippen molar-refractivity contribution in [3.05, 3.63) is 30.3 Å². The van der Waals surface area contributed by atoms with Crippen molar-refractivity contribution in [1.82, 2.24) is 5.09 Å². The summed E-state index contributed by atoms with van der Waals surface area (Å²) < 4.78 is 22.6. The van der Waals surface area contributed by atoms with Gasteiger partial charge in [-0.2, -0.15) is 0 Å². The van der Waals surface area contributed by atoms with Gasteiger partial charge in [0.25, 0.3) is 0 Å². The van der Waals surface area contributed by atoms with Crippen molar-refractivity contribution < 1.29 is 18.6 Å². The molecule has 1 rings (SSSR count). The minimum Gasteiger partial charge on any atom is -0.461 e. The third kappa shape index (κ3) is 6.51. The minimum atomic E-state index is -3.66. The van der Waals surface area contributed by atoms with E-state index in [1.165, 1.54) is 6.92 Å². The summed E-state index contributed by atoms with van der Waals surface area (Å²) in [6.45, 7) is 1.74. The van der Waals surface area contributed by atoms with Crippen LogP contribution in [0, 0.1) is 0 Å². The van der Waals surface area contributed by atoms with Gasteiger partial charge in [-0.25, -0.2) is 9.65 Å². The van der Waals surface area contributed by atoms with Crippen LogP contribution in [0.15, 0.2) is 30.3 Å². The first-order valence-corrected chi connectivity index (χ1v) is 9.43. The molecule has 2 atom stereocenters. The number of esters is 1. The summed E-state index contributed by atoms with van der Waals surface area (Å²) in [7, 11) is 0. The maximum absolute atomic E-state index is 12.1. The van der Waals surface area contributed by atoms with E-state index in [9.17, 15) is 9.36 Å². The molecule has 0 aliphatic carbocycles. The molecule has 0 bridgehead atoms. The Balaban J connectivity index is 2.57. The van der Waals surface area contributed by atoms with Crippen molar-refractivity contribution in [3.63, 3.8) is 0 Å². The van der Waals surface area contributed by atoms with Crippen LogP contribution in [0.4, 0.5) is 0 Å². The lowest BCUT2D eigenvalue weighted by molar-refractivity contribution is -0.151. The largest absolute Gasteiger partial charge is 0.461 e. The zero-order valence-electron chi connectivity index (χ0n) is 12.4. The highest BCUT2D eigenvalue weighted by Gasteiger charge is 2.28. The summed E-state index contributed by atoms with van der Waals surface area (Å²) in [5.41, 5.74) is 0. The minimum absolute atomic E-state index is 0.147. The molecule has 0 aromatic heterocycles. The average Bonchev–Trinajstić information content (AvgIpc) is 2.44. The highest BCUT2D eigenvalue weighted by atomic mass is 35.7. The molecule has 0 saturated heterocycles. The second-order valence-electron chi connectivity index (χ2n) is 4.61. The highest BCUT2D eigenvalue weighted by Crippen LogP contribution is 2.48. The zero-order chi connectivity index (χ0) is 15.9. The molecular formula is C14H21ClNO4P. The van der Waals surface area contributed by atoms with E-state index < -0.39 is 18.9 Å². The van der Waals surface area contributed by atoms with Gasteiger partial charge in [-0.05, 0) is 31.9 Å². The Morgan fingerprint density at radius 2 is 1.86 bits per heavy atom. The van der Waals surface area contributed by atoms with Crippen LogP contribution in [-0.4, -0.2) is 18.1 Å². The van der Waals surface area contributed by atoms with E-state index in [1.807, 2.05) is 13.8 Å². The number of halogens is 1. The SMILES string of the molecule is CCC(CC)OC(=O)[C@H](C)NP(=O)(Cl)Oc1ccccc1. The van der Waals surface area contributed by atoms with Crippen LogP contribution in [0.5, 0.6) is 5.75 Å². The van der Waals surface area contributed by atoms with Crippen LogP contribution in [-0.2, 0) is 14.1 Å². The second kappa shape index (κ2) is 8.42. The Morgan fingerprint density at radius 3 is 2.38 bits per heavy atom. The first-order valence-electron chi connectivity index (χ1n) is 6.90. The molecule has 0 saturated carbocycles. The van der Waals surface area contributed by atoms with Gasteiger partial charge in [-0.1, -0.05) is 32.0 Å². The number of ether oxygens (including phenoxy) is 1. The van der Waals surface area contributed by atoms with Crippen molar-refractivity contribution in [1.29, 1.82) is 0 Å². The number of hydrogen-bond donors (Lipinski definition) is 1. The zero-order valence-corrected chi connectivity index (χ0v) is 14.1. The van der Waals surface area contributed by atoms with E-state index >= 15 is 0 Å². The number of para-hydroxylation sites is 1. The van der Waals surface area contributed by atoms with Gasteiger partial charge in [0.2, 0.25) is 0 Å². The first kappa shape index (κ1) is 18.0. The summed E-state index contributed by atoms with van der Waals surface area (Å²) in [5.74, 6) is -0.134. The molecule has 21 heavy (non-hydrogen) atoms. The average molecular weight is 334 g/mol. The van der Waals surface area contributed by atoms with E-state index in [1.54, 1.807) is 30.3 Å². The molecule has 0 amide bonds. The van der Waals surface area contributed by atoms with Gasteiger partial charge in [0, 0.05) is 11.2 Å². The van der Waals surface area contributed by atoms with Crippen LogP contribution in [0.3, 0.4) is 0 Å². The fourth-order valence-corrected chi connectivity index (χ4v) is 3.34. The molecule has 0 aliphatic heterocycles. The fourth-order valence-electron chi connectivity index (χ4n) is 1.65. The quantitative estimate of drug-likeness (QED) is 0.572. The van der Waals surface area contributed by atoms with E-state index in [-0.39, 0.29) is 6.10 Å². The van der Waals surface area contributed by atoms with Gasteiger partial charge >= 0.3 is 12.8 Å². The number of benzene rings is 1. The third-order valence-corrected chi connectivity index (χ3v) is 4.50. The van der Waals surface area contributed by atoms with Crippen LogP contribution in [0.1, 0.15) is 33.6 Å². The Labute approximate surface area is 130 Å². The van der Waals surface area contributed by atoms with Crippen molar-refractivity contribution in [2.24, 2.45) is 0 Å². The van der Waals surface area contributed by atoms with E-state index in [4.69, 9.17) is 20.5 Å². The number of hydrogen-bond acceptors (Lipinski definition) is 4. The Bertz CT molecular complexity index is 493. The summed E-state index contributed by atoms with van der Waals surface area (Å²) in [5, 5.41) is 2.48. The van der Waals surface area contributed by atoms with Gasteiger partial charge < -0.3 is 9.26 Å².